The van der Waals surface area contributed by atoms with Gasteiger partial charge in [-0.25, -0.2) is 13.7 Å². The minimum Gasteiger partial charge on any atom is -0.495 e. The maximum atomic E-state index is 13.8. The van der Waals surface area contributed by atoms with E-state index >= 15 is 0 Å². The summed E-state index contributed by atoms with van der Waals surface area (Å²) in [6.07, 6.45) is 0. The van der Waals surface area contributed by atoms with Gasteiger partial charge < -0.3 is 10.1 Å². The van der Waals surface area contributed by atoms with Gasteiger partial charge in [-0.1, -0.05) is 12.1 Å². The Labute approximate surface area is 175 Å². The molecular formula is C22H16F2N2O3S. The number of thiophene rings is 1. The highest BCUT2D eigenvalue weighted by Gasteiger charge is 2.41. The molecule has 0 saturated carbocycles. The lowest BCUT2D eigenvalue weighted by Gasteiger charge is -2.16. The van der Waals surface area contributed by atoms with Gasteiger partial charge in [-0.2, -0.15) is 0 Å². The van der Waals surface area contributed by atoms with Gasteiger partial charge in [0.25, 0.3) is 11.8 Å². The summed E-state index contributed by atoms with van der Waals surface area (Å²) < 4.78 is 32.5. The van der Waals surface area contributed by atoms with E-state index in [-0.39, 0.29) is 17.0 Å². The molecule has 152 valence electrons. The predicted octanol–water partition coefficient (Wildman–Crippen LogP) is 4.74. The van der Waals surface area contributed by atoms with Gasteiger partial charge in [0, 0.05) is 10.9 Å². The number of hydrogen-bond acceptors (Lipinski definition) is 5. The molecule has 1 aromatic heterocycles. The molecule has 0 fully saturated rings. The summed E-state index contributed by atoms with van der Waals surface area (Å²) in [5, 5.41) is 4.81. The van der Waals surface area contributed by atoms with E-state index in [9.17, 15) is 18.4 Å². The van der Waals surface area contributed by atoms with Crippen molar-refractivity contribution in [1.29, 1.82) is 0 Å². The number of imide groups is 1. The van der Waals surface area contributed by atoms with Crippen molar-refractivity contribution in [2.75, 3.05) is 17.3 Å². The zero-order chi connectivity index (χ0) is 21.4. The van der Waals surface area contributed by atoms with Crippen molar-refractivity contribution in [2.24, 2.45) is 0 Å². The molecule has 3 aromatic rings. The summed E-state index contributed by atoms with van der Waals surface area (Å²) in [7, 11) is 1.50. The summed E-state index contributed by atoms with van der Waals surface area (Å²) in [6, 6.07) is 11.8. The van der Waals surface area contributed by atoms with Gasteiger partial charge >= 0.3 is 0 Å². The van der Waals surface area contributed by atoms with E-state index in [1.165, 1.54) is 24.5 Å². The molecule has 0 saturated heterocycles. The van der Waals surface area contributed by atoms with Gasteiger partial charge in [0.15, 0.2) is 11.6 Å². The van der Waals surface area contributed by atoms with Gasteiger partial charge in [-0.05, 0) is 48.2 Å². The van der Waals surface area contributed by atoms with Crippen LogP contribution in [0, 0.1) is 18.6 Å². The van der Waals surface area contributed by atoms with Crippen LogP contribution in [0.4, 0.5) is 20.2 Å². The number of hydrogen-bond donors (Lipinski definition) is 1. The summed E-state index contributed by atoms with van der Waals surface area (Å²) in [4.78, 5) is 27.9. The van der Waals surface area contributed by atoms with Gasteiger partial charge in [0.1, 0.15) is 11.4 Å². The number of benzene rings is 2. The smallest absolute Gasteiger partial charge is 0.282 e. The monoisotopic (exact) mass is 426 g/mol. The van der Waals surface area contributed by atoms with Crippen LogP contribution in [0.15, 0.2) is 59.6 Å². The van der Waals surface area contributed by atoms with E-state index in [2.05, 4.69) is 5.32 Å². The topological polar surface area (TPSA) is 58.6 Å². The van der Waals surface area contributed by atoms with Crippen LogP contribution in [0.3, 0.4) is 0 Å². The van der Waals surface area contributed by atoms with Crippen LogP contribution in [0.1, 0.15) is 10.4 Å². The van der Waals surface area contributed by atoms with Crippen LogP contribution >= 0.6 is 11.3 Å². The lowest BCUT2D eigenvalue weighted by atomic mass is 10.1. The summed E-state index contributed by atoms with van der Waals surface area (Å²) in [5.41, 5.74) is 1.57. The SMILES string of the molecule is COc1ccc(C)cc1NC1=C(c2cccs2)C(=O)N(c2ccc(F)c(F)c2)C1=O. The van der Waals surface area contributed by atoms with Crippen molar-refractivity contribution in [3.05, 3.63) is 81.7 Å². The van der Waals surface area contributed by atoms with Crippen LogP contribution in [-0.4, -0.2) is 18.9 Å². The zero-order valence-electron chi connectivity index (χ0n) is 16.0. The highest BCUT2D eigenvalue weighted by Crippen LogP contribution is 2.37. The van der Waals surface area contributed by atoms with Gasteiger partial charge in [-0.15, -0.1) is 11.3 Å². The third-order valence-electron chi connectivity index (χ3n) is 4.63. The van der Waals surface area contributed by atoms with Crippen molar-refractivity contribution < 1.29 is 23.1 Å². The molecule has 0 radical (unpaired) electrons. The van der Waals surface area contributed by atoms with E-state index in [4.69, 9.17) is 4.74 Å². The number of methoxy groups -OCH3 is 1. The first-order chi connectivity index (χ1) is 14.4. The van der Waals surface area contributed by atoms with E-state index < -0.39 is 23.4 Å². The average molecular weight is 426 g/mol. The van der Waals surface area contributed by atoms with Crippen molar-refractivity contribution in [1.82, 2.24) is 0 Å². The number of carbonyl (C=O) groups excluding carboxylic acids is 2. The molecule has 0 unspecified atom stereocenters. The third-order valence-corrected chi connectivity index (χ3v) is 5.51. The molecular weight excluding hydrogens is 410 g/mol. The molecule has 2 aromatic carbocycles. The maximum Gasteiger partial charge on any atom is 0.282 e. The third kappa shape index (κ3) is 3.35. The first-order valence-corrected chi connectivity index (χ1v) is 9.82. The Bertz CT molecular complexity index is 1190. The van der Waals surface area contributed by atoms with Crippen molar-refractivity contribution in [3.63, 3.8) is 0 Å². The molecule has 2 heterocycles. The molecule has 0 atom stereocenters. The highest BCUT2D eigenvalue weighted by molar-refractivity contribution is 7.11. The number of nitrogens with zero attached hydrogens (tertiary/aromatic N) is 1. The molecule has 0 aliphatic carbocycles. The van der Waals surface area contributed by atoms with E-state index in [0.29, 0.717) is 16.3 Å². The quantitative estimate of drug-likeness (QED) is 0.599. The Kier molecular flexibility index (Phi) is 5.09. The highest BCUT2D eigenvalue weighted by atomic mass is 32.1. The molecule has 0 bridgehead atoms. The van der Waals surface area contributed by atoms with Crippen LogP contribution in [0.5, 0.6) is 5.75 Å². The Morgan fingerprint density at radius 1 is 1.00 bits per heavy atom. The zero-order valence-corrected chi connectivity index (χ0v) is 16.8. The molecule has 1 aliphatic rings. The van der Waals surface area contributed by atoms with Gasteiger partial charge in [-0.3, -0.25) is 9.59 Å². The van der Waals surface area contributed by atoms with Crippen molar-refractivity contribution in [2.45, 2.75) is 6.92 Å². The average Bonchev–Trinajstić information content (AvgIpc) is 3.32. The Morgan fingerprint density at radius 2 is 1.80 bits per heavy atom. The minimum absolute atomic E-state index is 0.0380. The molecule has 0 spiro atoms. The molecule has 5 nitrogen and oxygen atoms in total. The van der Waals surface area contributed by atoms with Crippen LogP contribution < -0.4 is 15.0 Å². The summed E-state index contributed by atoms with van der Waals surface area (Å²) >= 11 is 1.29. The van der Waals surface area contributed by atoms with Crippen LogP contribution in [0.2, 0.25) is 0 Å². The number of nitrogens with one attached hydrogen (secondary N) is 1. The number of anilines is 2. The number of aryl methyl sites for hydroxylation is 1. The summed E-state index contributed by atoms with van der Waals surface area (Å²) in [5.74, 6) is -3.01. The molecule has 1 N–H and O–H groups in total. The first kappa shape index (κ1) is 19.8. The second kappa shape index (κ2) is 7.72. The Hall–Kier alpha value is -3.52. The van der Waals surface area contributed by atoms with E-state index in [0.717, 1.165) is 22.6 Å². The van der Waals surface area contributed by atoms with Crippen LogP contribution in [-0.2, 0) is 9.59 Å². The predicted molar refractivity (Wildman–Crippen MR) is 111 cm³/mol. The lowest BCUT2D eigenvalue weighted by molar-refractivity contribution is -0.120. The minimum atomic E-state index is -1.15. The second-order valence-electron chi connectivity index (χ2n) is 6.60. The number of halogens is 2. The van der Waals surface area contributed by atoms with Gasteiger partial charge in [0.2, 0.25) is 0 Å². The number of amides is 2. The van der Waals surface area contributed by atoms with Crippen molar-refractivity contribution in [3.8, 4) is 5.75 Å². The standard InChI is InChI=1S/C22H16F2N2O3S/c1-12-5-8-17(29-2)16(10-12)25-20-19(18-4-3-9-30-18)21(27)26(22(20)28)13-6-7-14(23)15(24)11-13/h3-11,25H,1-2H3. The molecule has 2 amide bonds. The molecule has 30 heavy (non-hydrogen) atoms. The second-order valence-corrected chi connectivity index (χ2v) is 7.55. The summed E-state index contributed by atoms with van der Waals surface area (Å²) in [6.45, 7) is 1.88. The van der Waals surface area contributed by atoms with Crippen LogP contribution in [0.25, 0.3) is 5.57 Å². The fourth-order valence-electron chi connectivity index (χ4n) is 3.21. The molecule has 4 rings (SSSR count). The largest absolute Gasteiger partial charge is 0.495 e. The number of carbonyl (C=O) groups is 2. The maximum absolute atomic E-state index is 13.8. The van der Waals surface area contributed by atoms with Gasteiger partial charge in [0.05, 0.1) is 24.1 Å². The Balaban J connectivity index is 1.83. The normalized spacial score (nSPS) is 13.9. The fourth-order valence-corrected chi connectivity index (χ4v) is 3.98. The molecule has 8 heteroatoms. The lowest BCUT2D eigenvalue weighted by Crippen LogP contribution is -2.32. The molecule has 1 aliphatic heterocycles. The van der Waals surface area contributed by atoms with E-state index in [1.54, 1.807) is 29.6 Å². The van der Waals surface area contributed by atoms with E-state index in [1.807, 2.05) is 13.0 Å². The number of ether oxygens (including phenoxy) is 1. The van der Waals surface area contributed by atoms with Crippen molar-refractivity contribution >= 4 is 40.1 Å². The first-order valence-electron chi connectivity index (χ1n) is 8.94. The fraction of sp³-hybridized carbons (Fsp3) is 0.0909. The Morgan fingerprint density at radius 3 is 2.47 bits per heavy atom. The number of rotatable bonds is 5.